The van der Waals surface area contributed by atoms with Crippen molar-refractivity contribution in [1.82, 2.24) is 10.2 Å². The van der Waals surface area contributed by atoms with Gasteiger partial charge in [-0.15, -0.1) is 0 Å². The van der Waals surface area contributed by atoms with Gasteiger partial charge in [-0.1, -0.05) is 26.0 Å². The molecule has 0 radical (unpaired) electrons. The second kappa shape index (κ2) is 7.65. The lowest BCUT2D eigenvalue weighted by Gasteiger charge is -2.30. The van der Waals surface area contributed by atoms with Gasteiger partial charge in [0.15, 0.2) is 0 Å². The highest BCUT2D eigenvalue weighted by atomic mass is 16.3. The Morgan fingerprint density at radius 2 is 1.80 bits per heavy atom. The van der Waals surface area contributed by atoms with Crippen LogP contribution in [0.15, 0.2) is 24.3 Å². The van der Waals surface area contributed by atoms with E-state index in [2.05, 4.69) is 45.1 Å². The van der Waals surface area contributed by atoms with Gasteiger partial charge in [-0.3, -0.25) is 0 Å². The fourth-order valence-corrected chi connectivity index (χ4v) is 2.51. The predicted octanol–water partition coefficient (Wildman–Crippen LogP) is 2.89. The van der Waals surface area contributed by atoms with Crippen LogP contribution in [0.5, 0.6) is 5.75 Å². The molecule has 0 spiro atoms. The van der Waals surface area contributed by atoms with E-state index >= 15 is 0 Å². The molecular weight excluding hydrogens is 248 g/mol. The highest BCUT2D eigenvalue weighted by Crippen LogP contribution is 2.15. The van der Waals surface area contributed by atoms with Crippen LogP contribution in [-0.2, 0) is 6.42 Å². The molecule has 3 heteroatoms. The Hall–Kier alpha value is -1.06. The van der Waals surface area contributed by atoms with Gasteiger partial charge in [-0.2, -0.15) is 0 Å². The van der Waals surface area contributed by atoms with Gasteiger partial charge in [0.25, 0.3) is 0 Å². The lowest BCUT2D eigenvalue weighted by molar-refractivity contribution is 0.225. The summed E-state index contributed by atoms with van der Waals surface area (Å²) in [6.45, 7) is 8.96. The third-order valence-electron chi connectivity index (χ3n) is 3.48. The molecule has 20 heavy (non-hydrogen) atoms. The Balaban J connectivity index is 2.29. The first-order valence-corrected chi connectivity index (χ1v) is 7.44. The van der Waals surface area contributed by atoms with E-state index in [4.69, 9.17) is 0 Å². The number of benzene rings is 1. The monoisotopic (exact) mass is 278 g/mol. The molecule has 0 amide bonds. The molecule has 0 aliphatic carbocycles. The smallest absolute Gasteiger partial charge is 0.115 e. The van der Waals surface area contributed by atoms with Crippen molar-refractivity contribution in [2.75, 3.05) is 27.2 Å². The molecule has 2 N–H and O–H groups in total. The summed E-state index contributed by atoms with van der Waals surface area (Å²) in [5, 5.41) is 12.9. The molecular formula is C17H30N2O. The van der Waals surface area contributed by atoms with Gasteiger partial charge in [-0.25, -0.2) is 0 Å². The van der Waals surface area contributed by atoms with Crippen molar-refractivity contribution in [1.29, 1.82) is 0 Å². The van der Waals surface area contributed by atoms with E-state index in [0.29, 0.717) is 11.8 Å². The van der Waals surface area contributed by atoms with Crippen LogP contribution in [-0.4, -0.2) is 43.2 Å². The van der Waals surface area contributed by atoms with Crippen molar-refractivity contribution in [2.24, 2.45) is 5.41 Å². The third-order valence-corrected chi connectivity index (χ3v) is 3.48. The molecule has 1 aromatic carbocycles. The highest BCUT2D eigenvalue weighted by Gasteiger charge is 2.19. The van der Waals surface area contributed by atoms with Crippen LogP contribution in [0.25, 0.3) is 0 Å². The normalized spacial score (nSPS) is 13.7. The maximum absolute atomic E-state index is 9.26. The Labute approximate surface area is 124 Å². The lowest BCUT2D eigenvalue weighted by Crippen LogP contribution is -2.40. The maximum Gasteiger partial charge on any atom is 0.115 e. The summed E-state index contributed by atoms with van der Waals surface area (Å²) in [4.78, 5) is 2.24. The zero-order valence-electron chi connectivity index (χ0n) is 13.6. The van der Waals surface area contributed by atoms with Crippen molar-refractivity contribution in [2.45, 2.75) is 39.7 Å². The number of rotatable bonds is 8. The van der Waals surface area contributed by atoms with Crippen molar-refractivity contribution in [3.63, 3.8) is 0 Å². The number of aromatic hydroxyl groups is 1. The van der Waals surface area contributed by atoms with Crippen molar-refractivity contribution < 1.29 is 5.11 Å². The van der Waals surface area contributed by atoms with Crippen molar-refractivity contribution >= 4 is 0 Å². The van der Waals surface area contributed by atoms with Gasteiger partial charge >= 0.3 is 0 Å². The van der Waals surface area contributed by atoms with Gasteiger partial charge in [0.2, 0.25) is 0 Å². The Morgan fingerprint density at radius 3 is 2.35 bits per heavy atom. The minimum atomic E-state index is 0.288. The van der Waals surface area contributed by atoms with E-state index < -0.39 is 0 Å². The van der Waals surface area contributed by atoms with E-state index in [1.807, 2.05) is 12.1 Å². The molecule has 1 rings (SSSR count). The van der Waals surface area contributed by atoms with Crippen LogP contribution in [0, 0.1) is 5.41 Å². The molecule has 0 aromatic heterocycles. The SMILES string of the molecule is CC(CCc1ccc(O)cc1)NCC(C)(C)CN(C)C. The van der Waals surface area contributed by atoms with Gasteiger partial charge in [0, 0.05) is 19.1 Å². The molecule has 1 atom stereocenters. The summed E-state index contributed by atoms with van der Waals surface area (Å²) in [7, 11) is 4.24. The standard InChI is InChI=1S/C17H30N2O/c1-14(18-12-17(2,3)13-19(4)5)6-7-15-8-10-16(20)11-9-15/h8-11,14,18,20H,6-7,12-13H2,1-5H3. The van der Waals surface area contributed by atoms with Crippen molar-refractivity contribution in [3.05, 3.63) is 29.8 Å². The summed E-state index contributed by atoms with van der Waals surface area (Å²) in [5.74, 6) is 0.338. The van der Waals surface area contributed by atoms with Crippen LogP contribution in [0.2, 0.25) is 0 Å². The van der Waals surface area contributed by atoms with Crippen LogP contribution < -0.4 is 5.32 Å². The van der Waals surface area contributed by atoms with E-state index in [1.165, 1.54) is 5.56 Å². The maximum atomic E-state index is 9.26. The predicted molar refractivity (Wildman–Crippen MR) is 86.2 cm³/mol. The Kier molecular flexibility index (Phi) is 6.50. The fraction of sp³-hybridized carbons (Fsp3) is 0.647. The molecule has 0 fully saturated rings. The fourth-order valence-electron chi connectivity index (χ4n) is 2.51. The van der Waals surface area contributed by atoms with Gasteiger partial charge in [-0.05, 0) is 57.0 Å². The zero-order chi connectivity index (χ0) is 15.2. The summed E-state index contributed by atoms with van der Waals surface area (Å²) in [5.41, 5.74) is 1.57. The zero-order valence-corrected chi connectivity index (χ0v) is 13.6. The third kappa shape index (κ3) is 6.92. The number of hydrogen-bond donors (Lipinski definition) is 2. The number of nitrogens with one attached hydrogen (secondary N) is 1. The van der Waals surface area contributed by atoms with Gasteiger partial charge in [0.05, 0.1) is 0 Å². The average molecular weight is 278 g/mol. The minimum absolute atomic E-state index is 0.288. The molecule has 0 aliphatic rings. The molecule has 0 heterocycles. The summed E-state index contributed by atoms with van der Waals surface area (Å²) >= 11 is 0. The molecule has 1 unspecified atom stereocenters. The molecule has 0 bridgehead atoms. The second-order valence-corrected chi connectivity index (χ2v) is 6.89. The quantitative estimate of drug-likeness (QED) is 0.767. The molecule has 1 aromatic rings. The molecule has 0 saturated carbocycles. The van der Waals surface area contributed by atoms with Gasteiger partial charge in [0.1, 0.15) is 5.75 Å². The topological polar surface area (TPSA) is 35.5 Å². The van der Waals surface area contributed by atoms with Crippen LogP contribution in [0.4, 0.5) is 0 Å². The van der Waals surface area contributed by atoms with E-state index in [1.54, 1.807) is 12.1 Å². The average Bonchev–Trinajstić information content (AvgIpc) is 2.34. The van der Waals surface area contributed by atoms with Crippen LogP contribution >= 0.6 is 0 Å². The number of aryl methyl sites for hydroxylation is 1. The second-order valence-electron chi connectivity index (χ2n) is 6.89. The van der Waals surface area contributed by atoms with E-state index in [0.717, 1.165) is 25.9 Å². The van der Waals surface area contributed by atoms with Gasteiger partial charge < -0.3 is 15.3 Å². The summed E-state index contributed by atoms with van der Waals surface area (Å²) < 4.78 is 0. The number of phenols is 1. The number of phenolic OH excluding ortho intramolecular Hbond substituents is 1. The summed E-state index contributed by atoms with van der Waals surface area (Å²) in [6, 6.07) is 8.02. The highest BCUT2D eigenvalue weighted by molar-refractivity contribution is 5.25. The molecule has 114 valence electrons. The number of nitrogens with zero attached hydrogens (tertiary/aromatic N) is 1. The molecule has 0 saturated heterocycles. The molecule has 0 aliphatic heterocycles. The first kappa shape index (κ1) is 17.0. The Bertz CT molecular complexity index is 384. The lowest BCUT2D eigenvalue weighted by atomic mass is 9.92. The first-order valence-electron chi connectivity index (χ1n) is 7.44. The summed E-state index contributed by atoms with van der Waals surface area (Å²) in [6.07, 6.45) is 2.16. The van der Waals surface area contributed by atoms with Crippen molar-refractivity contribution in [3.8, 4) is 5.75 Å². The molecule has 3 nitrogen and oxygen atoms in total. The minimum Gasteiger partial charge on any atom is -0.508 e. The van der Waals surface area contributed by atoms with E-state index in [9.17, 15) is 5.11 Å². The largest absolute Gasteiger partial charge is 0.508 e. The first-order chi connectivity index (χ1) is 9.28. The number of hydrogen-bond acceptors (Lipinski definition) is 3. The van der Waals surface area contributed by atoms with E-state index in [-0.39, 0.29) is 5.41 Å². The van der Waals surface area contributed by atoms with Crippen LogP contribution in [0.3, 0.4) is 0 Å². The van der Waals surface area contributed by atoms with Crippen LogP contribution in [0.1, 0.15) is 32.8 Å². The Morgan fingerprint density at radius 1 is 1.20 bits per heavy atom.